The van der Waals surface area contributed by atoms with Crippen molar-refractivity contribution in [1.82, 2.24) is 10.2 Å². The minimum Gasteiger partial charge on any atom is -0.308 e. The molecule has 2 rings (SSSR count). The first kappa shape index (κ1) is 14.3. The number of alkyl halides is 1. The van der Waals surface area contributed by atoms with Gasteiger partial charge < -0.3 is 5.32 Å². The molecule has 2 unspecified atom stereocenters. The highest BCUT2D eigenvalue weighted by atomic mass is 19.1. The summed E-state index contributed by atoms with van der Waals surface area (Å²) in [5.41, 5.74) is 0.282. The summed E-state index contributed by atoms with van der Waals surface area (Å²) in [5.74, 6) is 1.57. The van der Waals surface area contributed by atoms with E-state index in [1.165, 1.54) is 19.3 Å². The summed E-state index contributed by atoms with van der Waals surface area (Å²) >= 11 is 0. The first-order valence-corrected chi connectivity index (χ1v) is 7.60. The minimum atomic E-state index is -0.182. The zero-order valence-corrected chi connectivity index (χ0v) is 12.2. The molecule has 0 amide bonds. The van der Waals surface area contributed by atoms with E-state index < -0.39 is 0 Å². The number of rotatable bonds is 6. The average molecular weight is 256 g/mol. The van der Waals surface area contributed by atoms with Crippen molar-refractivity contribution < 1.29 is 4.39 Å². The molecule has 0 aromatic carbocycles. The minimum absolute atomic E-state index is 0.182. The summed E-state index contributed by atoms with van der Waals surface area (Å²) in [6.07, 6.45) is 4.65. The van der Waals surface area contributed by atoms with E-state index in [1.54, 1.807) is 0 Å². The molecule has 2 aliphatic rings. The molecule has 2 fully saturated rings. The molecular formula is C15H29FN2. The molecule has 0 aromatic rings. The van der Waals surface area contributed by atoms with Crippen LogP contribution in [-0.2, 0) is 0 Å². The van der Waals surface area contributed by atoms with Crippen molar-refractivity contribution in [2.45, 2.75) is 58.0 Å². The molecule has 1 saturated carbocycles. The van der Waals surface area contributed by atoms with Crippen LogP contribution in [0.1, 0.15) is 46.5 Å². The number of nitrogens with one attached hydrogen (secondary N) is 1. The highest BCUT2D eigenvalue weighted by Crippen LogP contribution is 2.41. The van der Waals surface area contributed by atoms with Gasteiger partial charge in [0.05, 0.1) is 6.67 Å². The second-order valence-corrected chi connectivity index (χ2v) is 6.87. The molecular weight excluding hydrogens is 227 g/mol. The average Bonchev–Trinajstić information content (AvgIpc) is 3.13. The van der Waals surface area contributed by atoms with Gasteiger partial charge in [0.25, 0.3) is 0 Å². The Hall–Kier alpha value is -0.150. The largest absolute Gasteiger partial charge is 0.308 e. The second kappa shape index (κ2) is 5.87. The Balaban J connectivity index is 1.95. The summed E-state index contributed by atoms with van der Waals surface area (Å²) in [6, 6.07) is 0.600. The fourth-order valence-electron chi connectivity index (χ4n) is 3.38. The molecule has 2 nitrogen and oxygen atoms in total. The van der Waals surface area contributed by atoms with Crippen LogP contribution < -0.4 is 5.32 Å². The van der Waals surface area contributed by atoms with Gasteiger partial charge in [-0.3, -0.25) is 9.29 Å². The molecule has 1 aliphatic carbocycles. The Kier molecular flexibility index (Phi) is 4.65. The number of hydrogen-bond acceptors (Lipinski definition) is 2. The smallest absolute Gasteiger partial charge is 0.0906 e. The second-order valence-electron chi connectivity index (χ2n) is 6.87. The molecule has 18 heavy (non-hydrogen) atoms. The maximum atomic E-state index is 12.5. The first-order chi connectivity index (χ1) is 8.55. The monoisotopic (exact) mass is 256 g/mol. The zero-order valence-electron chi connectivity index (χ0n) is 12.2. The van der Waals surface area contributed by atoms with Crippen LogP contribution in [0.2, 0.25) is 0 Å². The maximum absolute atomic E-state index is 12.5. The Morgan fingerprint density at radius 1 is 1.39 bits per heavy atom. The zero-order chi connectivity index (χ0) is 13.2. The number of piperazine rings is 1. The standard InChI is InChI=1S/C15H29FN2/c1-12(2)9-14-10-17-15(3,13-5-6-13)11-18(14)8-4-7-16/h12-14,17H,4-11H2,1-3H3. The van der Waals surface area contributed by atoms with Crippen molar-refractivity contribution >= 4 is 0 Å². The molecule has 1 heterocycles. The molecule has 2 atom stereocenters. The lowest BCUT2D eigenvalue weighted by Gasteiger charge is -2.47. The molecule has 0 bridgehead atoms. The molecule has 1 N–H and O–H groups in total. The van der Waals surface area contributed by atoms with Crippen LogP contribution >= 0.6 is 0 Å². The van der Waals surface area contributed by atoms with Crippen LogP contribution in [0.5, 0.6) is 0 Å². The van der Waals surface area contributed by atoms with Crippen molar-refractivity contribution in [2.75, 3.05) is 26.3 Å². The van der Waals surface area contributed by atoms with Crippen LogP contribution in [0.15, 0.2) is 0 Å². The third-order valence-electron chi connectivity index (χ3n) is 4.59. The fourth-order valence-corrected chi connectivity index (χ4v) is 3.38. The van der Waals surface area contributed by atoms with Gasteiger partial charge in [0.15, 0.2) is 0 Å². The third-order valence-corrected chi connectivity index (χ3v) is 4.59. The molecule has 0 spiro atoms. The SMILES string of the molecule is CC(C)CC1CNC(C)(C2CC2)CN1CCCF. The van der Waals surface area contributed by atoms with Crippen LogP contribution in [0.4, 0.5) is 4.39 Å². The third kappa shape index (κ3) is 3.45. The fraction of sp³-hybridized carbons (Fsp3) is 1.00. The maximum Gasteiger partial charge on any atom is 0.0906 e. The summed E-state index contributed by atoms with van der Waals surface area (Å²) in [4.78, 5) is 2.55. The van der Waals surface area contributed by atoms with E-state index in [-0.39, 0.29) is 12.2 Å². The van der Waals surface area contributed by atoms with Gasteiger partial charge >= 0.3 is 0 Å². The van der Waals surface area contributed by atoms with Crippen LogP contribution in [-0.4, -0.2) is 42.8 Å². The van der Waals surface area contributed by atoms with Gasteiger partial charge in [0.2, 0.25) is 0 Å². The number of hydrogen-bond donors (Lipinski definition) is 1. The molecule has 106 valence electrons. The summed E-state index contributed by atoms with van der Waals surface area (Å²) in [7, 11) is 0. The molecule has 3 heteroatoms. The molecule has 0 aromatic heterocycles. The van der Waals surface area contributed by atoms with Crippen molar-refractivity contribution in [2.24, 2.45) is 11.8 Å². The van der Waals surface area contributed by atoms with Crippen molar-refractivity contribution in [3.8, 4) is 0 Å². The number of nitrogens with zero attached hydrogens (tertiary/aromatic N) is 1. The number of halogens is 1. The molecule has 1 aliphatic heterocycles. The van der Waals surface area contributed by atoms with Crippen molar-refractivity contribution in [3.05, 3.63) is 0 Å². The topological polar surface area (TPSA) is 15.3 Å². The van der Waals surface area contributed by atoms with Gasteiger partial charge in [-0.25, -0.2) is 0 Å². The van der Waals surface area contributed by atoms with Gasteiger partial charge in [-0.1, -0.05) is 13.8 Å². The van der Waals surface area contributed by atoms with Gasteiger partial charge in [-0.15, -0.1) is 0 Å². The predicted octanol–water partition coefficient (Wildman–Crippen LogP) is 2.83. The van der Waals surface area contributed by atoms with Crippen LogP contribution in [0.25, 0.3) is 0 Å². The van der Waals surface area contributed by atoms with E-state index in [2.05, 4.69) is 31.0 Å². The lowest BCUT2D eigenvalue weighted by atomic mass is 9.88. The van der Waals surface area contributed by atoms with Gasteiger partial charge in [0.1, 0.15) is 0 Å². The summed E-state index contributed by atoms with van der Waals surface area (Å²) < 4.78 is 12.5. The Morgan fingerprint density at radius 3 is 2.67 bits per heavy atom. The van der Waals surface area contributed by atoms with E-state index in [0.29, 0.717) is 12.5 Å². The molecule has 0 radical (unpaired) electrons. The lowest BCUT2D eigenvalue weighted by Crippen LogP contribution is -2.64. The summed E-state index contributed by atoms with van der Waals surface area (Å²) in [6.45, 7) is 9.85. The van der Waals surface area contributed by atoms with Crippen molar-refractivity contribution in [3.63, 3.8) is 0 Å². The first-order valence-electron chi connectivity index (χ1n) is 7.60. The highest BCUT2D eigenvalue weighted by Gasteiger charge is 2.45. The predicted molar refractivity (Wildman–Crippen MR) is 74.5 cm³/mol. The van der Waals surface area contributed by atoms with Gasteiger partial charge in [-0.05, 0) is 44.4 Å². The van der Waals surface area contributed by atoms with E-state index in [4.69, 9.17) is 0 Å². The van der Waals surface area contributed by atoms with E-state index >= 15 is 0 Å². The highest BCUT2D eigenvalue weighted by molar-refractivity contribution is 5.04. The van der Waals surface area contributed by atoms with Crippen molar-refractivity contribution in [1.29, 1.82) is 0 Å². The summed E-state index contributed by atoms with van der Waals surface area (Å²) in [5, 5.41) is 3.78. The van der Waals surface area contributed by atoms with E-state index in [1.807, 2.05) is 0 Å². The van der Waals surface area contributed by atoms with Crippen LogP contribution in [0, 0.1) is 11.8 Å². The lowest BCUT2D eigenvalue weighted by molar-refractivity contribution is 0.0620. The normalized spacial score (nSPS) is 34.2. The Morgan fingerprint density at radius 2 is 2.11 bits per heavy atom. The van der Waals surface area contributed by atoms with Gasteiger partial charge in [0, 0.05) is 31.2 Å². The van der Waals surface area contributed by atoms with Gasteiger partial charge in [-0.2, -0.15) is 0 Å². The van der Waals surface area contributed by atoms with E-state index in [9.17, 15) is 4.39 Å². The quantitative estimate of drug-likeness (QED) is 0.786. The Bertz CT molecular complexity index is 265. The molecule has 1 saturated heterocycles. The van der Waals surface area contributed by atoms with E-state index in [0.717, 1.165) is 31.5 Å². The van der Waals surface area contributed by atoms with Crippen LogP contribution in [0.3, 0.4) is 0 Å². The Labute approximate surface area is 111 Å².